The van der Waals surface area contributed by atoms with Crippen molar-refractivity contribution in [2.45, 2.75) is 55.0 Å². The van der Waals surface area contributed by atoms with Crippen LogP contribution < -0.4 is 10.2 Å². The maximum atomic E-state index is 14.6. The third-order valence-corrected chi connectivity index (χ3v) is 8.49. The molecule has 5 nitrogen and oxygen atoms in total. The Balaban J connectivity index is 1.57. The predicted octanol–water partition coefficient (Wildman–Crippen LogP) is 5.46. The molecule has 1 fully saturated rings. The molecule has 2 amide bonds. The minimum Gasteiger partial charge on any atom is -0.349 e. The van der Waals surface area contributed by atoms with Gasteiger partial charge in [-0.15, -0.1) is 0 Å². The van der Waals surface area contributed by atoms with Crippen LogP contribution in [0.5, 0.6) is 0 Å². The fourth-order valence-corrected chi connectivity index (χ4v) is 6.29. The molecule has 0 radical (unpaired) electrons. The Morgan fingerprint density at radius 1 is 1.03 bits per heavy atom. The van der Waals surface area contributed by atoms with Crippen LogP contribution >= 0.6 is 0 Å². The lowest BCUT2D eigenvalue weighted by Gasteiger charge is -2.29. The van der Waals surface area contributed by atoms with E-state index >= 15 is 0 Å². The van der Waals surface area contributed by atoms with Crippen molar-refractivity contribution in [1.82, 2.24) is 5.32 Å². The number of hydrogen-bond acceptors (Lipinski definition) is 3. The molecule has 3 unspecified atom stereocenters. The highest BCUT2D eigenvalue weighted by molar-refractivity contribution is 7.85. The lowest BCUT2D eigenvalue weighted by Crippen LogP contribution is -2.41. The van der Waals surface area contributed by atoms with Gasteiger partial charge in [0.15, 0.2) is 0 Å². The van der Waals surface area contributed by atoms with Crippen molar-refractivity contribution in [2.75, 3.05) is 4.90 Å². The summed E-state index contributed by atoms with van der Waals surface area (Å²) in [6.07, 6.45) is 4.28. The van der Waals surface area contributed by atoms with Crippen LogP contribution in [0.3, 0.4) is 0 Å². The van der Waals surface area contributed by atoms with Crippen LogP contribution in [-0.4, -0.2) is 22.1 Å². The molecular weight excluding hydrogens is 463 g/mol. The predicted molar refractivity (Wildman–Crippen MR) is 133 cm³/mol. The molecule has 7 heteroatoms. The Labute approximate surface area is 206 Å². The first-order valence-corrected chi connectivity index (χ1v) is 13.1. The van der Waals surface area contributed by atoms with Crippen molar-refractivity contribution in [3.63, 3.8) is 0 Å². The van der Waals surface area contributed by atoms with E-state index < -0.39 is 16.6 Å². The molecule has 3 atom stereocenters. The summed E-state index contributed by atoms with van der Waals surface area (Å²) in [5.41, 5.74) is 1.39. The molecule has 0 saturated heterocycles. The van der Waals surface area contributed by atoms with Gasteiger partial charge in [0.1, 0.15) is 5.82 Å². The second-order valence-corrected chi connectivity index (χ2v) is 10.7. The van der Waals surface area contributed by atoms with E-state index in [2.05, 4.69) is 12.2 Å². The second kappa shape index (κ2) is 9.74. The zero-order chi connectivity index (χ0) is 24.5. The third-order valence-electron chi connectivity index (χ3n) is 6.99. The fraction of sp³-hybridized carbons (Fsp3) is 0.286. The first-order valence-electron chi connectivity index (χ1n) is 11.9. The van der Waals surface area contributed by atoms with Gasteiger partial charge in [-0.1, -0.05) is 50.1 Å². The molecule has 2 aliphatic rings. The Kier molecular flexibility index (Phi) is 6.52. The number of fused-ring (bicyclic) bond motifs is 2. The maximum absolute atomic E-state index is 14.6. The highest BCUT2D eigenvalue weighted by atomic mass is 32.2. The van der Waals surface area contributed by atoms with Gasteiger partial charge in [0.05, 0.1) is 38.4 Å². The van der Waals surface area contributed by atoms with Crippen molar-refractivity contribution < 1.29 is 18.2 Å². The monoisotopic (exact) mass is 490 g/mol. The summed E-state index contributed by atoms with van der Waals surface area (Å²) in [6.45, 7) is 2.10. The van der Waals surface area contributed by atoms with Crippen LogP contribution in [0.2, 0.25) is 0 Å². The zero-order valence-corrected chi connectivity index (χ0v) is 20.3. The Morgan fingerprint density at radius 3 is 2.57 bits per heavy atom. The van der Waals surface area contributed by atoms with Gasteiger partial charge in [0, 0.05) is 17.2 Å². The summed E-state index contributed by atoms with van der Waals surface area (Å²) in [5, 5.41) is 3.14. The lowest BCUT2D eigenvalue weighted by molar-refractivity contribution is 0.0908. The standard InChI is InChI=1S/C28H27FN2O3S/c1-18-8-2-6-12-23(18)30-27(32)19-14-15-26-24(16-19)31(17-20-9-3-5-11-22(20)29)28(33)21-10-4-7-13-25(21)35(26)34/h3-5,7,9-11,13-16,18,23H,2,6,8,12,17H2,1H3,(H,30,32). The molecule has 1 heterocycles. The minimum atomic E-state index is -1.63. The van der Waals surface area contributed by atoms with E-state index in [0.29, 0.717) is 38.1 Å². The molecule has 1 saturated carbocycles. The van der Waals surface area contributed by atoms with Gasteiger partial charge in [-0.2, -0.15) is 0 Å². The Bertz CT molecular complexity index is 1330. The molecule has 0 aromatic heterocycles. The molecule has 0 spiro atoms. The number of hydrogen-bond donors (Lipinski definition) is 1. The number of rotatable bonds is 4. The van der Waals surface area contributed by atoms with Gasteiger partial charge in [0.2, 0.25) is 0 Å². The van der Waals surface area contributed by atoms with Gasteiger partial charge in [-0.3, -0.25) is 9.59 Å². The van der Waals surface area contributed by atoms with Gasteiger partial charge in [-0.25, -0.2) is 8.60 Å². The molecule has 35 heavy (non-hydrogen) atoms. The highest BCUT2D eigenvalue weighted by Crippen LogP contribution is 2.36. The molecule has 1 N–H and O–H groups in total. The highest BCUT2D eigenvalue weighted by Gasteiger charge is 2.32. The summed E-state index contributed by atoms with van der Waals surface area (Å²) in [4.78, 5) is 29.1. The van der Waals surface area contributed by atoms with E-state index in [4.69, 9.17) is 0 Å². The molecule has 1 aliphatic heterocycles. The summed E-state index contributed by atoms with van der Waals surface area (Å²) >= 11 is 0. The van der Waals surface area contributed by atoms with Crippen LogP contribution in [0.15, 0.2) is 76.5 Å². The number of halogens is 1. The third kappa shape index (κ3) is 4.52. The molecule has 180 valence electrons. The van der Waals surface area contributed by atoms with Crippen LogP contribution in [0.25, 0.3) is 0 Å². The molecule has 5 rings (SSSR count). The van der Waals surface area contributed by atoms with Crippen molar-refractivity contribution >= 4 is 28.3 Å². The van der Waals surface area contributed by atoms with E-state index in [0.717, 1.165) is 19.3 Å². The summed E-state index contributed by atoms with van der Waals surface area (Å²) < 4.78 is 28.1. The molecule has 0 bridgehead atoms. The quantitative estimate of drug-likeness (QED) is 0.528. The second-order valence-electron chi connectivity index (χ2n) is 9.27. The van der Waals surface area contributed by atoms with Crippen molar-refractivity contribution in [3.05, 3.63) is 89.2 Å². The number of carbonyl (C=O) groups is 2. The summed E-state index contributed by atoms with van der Waals surface area (Å²) in [6, 6.07) is 18.0. The maximum Gasteiger partial charge on any atom is 0.259 e. The smallest absolute Gasteiger partial charge is 0.259 e. The number of carbonyl (C=O) groups excluding carboxylic acids is 2. The first kappa shape index (κ1) is 23.4. The number of nitrogens with zero attached hydrogens (tertiary/aromatic N) is 1. The number of anilines is 1. The molecule has 3 aromatic carbocycles. The van der Waals surface area contributed by atoms with E-state index in [1.54, 1.807) is 60.7 Å². The van der Waals surface area contributed by atoms with E-state index in [1.807, 2.05) is 0 Å². The normalized spacial score (nSPS) is 21.6. The van der Waals surface area contributed by atoms with E-state index in [-0.39, 0.29) is 24.4 Å². The number of benzene rings is 3. The van der Waals surface area contributed by atoms with Gasteiger partial charge in [-0.05, 0) is 55.2 Å². The van der Waals surface area contributed by atoms with Crippen LogP contribution in [0.4, 0.5) is 10.1 Å². The SMILES string of the molecule is CC1CCCCC1NC(=O)c1ccc2c(c1)N(Cc1ccccc1F)C(=O)c1ccccc1S2=O. The molecule has 3 aromatic rings. The van der Waals surface area contributed by atoms with E-state index in [9.17, 15) is 18.2 Å². The van der Waals surface area contributed by atoms with E-state index in [1.165, 1.54) is 17.4 Å². The lowest BCUT2D eigenvalue weighted by atomic mass is 9.86. The van der Waals surface area contributed by atoms with Crippen molar-refractivity contribution in [3.8, 4) is 0 Å². The van der Waals surface area contributed by atoms with Crippen LogP contribution in [0, 0.1) is 11.7 Å². The topological polar surface area (TPSA) is 66.5 Å². The van der Waals surface area contributed by atoms with Gasteiger partial charge in [0.25, 0.3) is 11.8 Å². The molecule has 1 aliphatic carbocycles. The zero-order valence-electron chi connectivity index (χ0n) is 19.5. The largest absolute Gasteiger partial charge is 0.349 e. The molecular formula is C28H27FN2O3S. The Hall–Kier alpha value is -3.32. The number of nitrogens with one attached hydrogen (secondary N) is 1. The van der Waals surface area contributed by atoms with Crippen LogP contribution in [-0.2, 0) is 17.3 Å². The first-order chi connectivity index (χ1) is 16.9. The minimum absolute atomic E-state index is 0.0469. The average Bonchev–Trinajstić information content (AvgIpc) is 2.96. The van der Waals surface area contributed by atoms with Gasteiger partial charge < -0.3 is 10.2 Å². The summed E-state index contributed by atoms with van der Waals surface area (Å²) in [5.74, 6) is -0.637. The van der Waals surface area contributed by atoms with Gasteiger partial charge >= 0.3 is 0 Å². The fourth-order valence-electron chi connectivity index (χ4n) is 4.94. The summed E-state index contributed by atoms with van der Waals surface area (Å²) in [7, 11) is -1.63. The number of amides is 2. The van der Waals surface area contributed by atoms with Crippen LogP contribution in [0.1, 0.15) is 58.9 Å². The average molecular weight is 491 g/mol. The van der Waals surface area contributed by atoms with Crippen molar-refractivity contribution in [1.29, 1.82) is 0 Å². The van der Waals surface area contributed by atoms with Crippen molar-refractivity contribution in [2.24, 2.45) is 5.92 Å². The Morgan fingerprint density at radius 2 is 1.77 bits per heavy atom.